The van der Waals surface area contributed by atoms with Crippen molar-refractivity contribution in [2.24, 2.45) is 0 Å². The average Bonchev–Trinajstić information content (AvgIpc) is 3.41. The molecule has 1 aromatic heterocycles. The predicted molar refractivity (Wildman–Crippen MR) is 159 cm³/mol. The van der Waals surface area contributed by atoms with Gasteiger partial charge in [0, 0.05) is 63.2 Å². The Kier molecular flexibility index (Phi) is 8.98. The third kappa shape index (κ3) is 7.32. The van der Waals surface area contributed by atoms with Crippen LogP contribution in [0.2, 0.25) is 0 Å². The SMILES string of the molecule is COC(=O)C1=Cc2cc(NCc3cc(CC(=O)c4ccc(CN5CCN(C)CC5)c(C(F)(F)F)c4)ccc3C)cnc2C1. The van der Waals surface area contributed by atoms with Gasteiger partial charge in [-0.15, -0.1) is 0 Å². The van der Waals surface area contributed by atoms with Crippen molar-refractivity contribution in [1.29, 1.82) is 0 Å². The number of methoxy groups -OCH3 is 1. The average molecular weight is 593 g/mol. The summed E-state index contributed by atoms with van der Waals surface area (Å²) in [6, 6.07) is 11.5. The second kappa shape index (κ2) is 12.7. The van der Waals surface area contributed by atoms with E-state index < -0.39 is 11.7 Å². The summed E-state index contributed by atoms with van der Waals surface area (Å²) in [5.74, 6) is -0.735. The van der Waals surface area contributed by atoms with Crippen LogP contribution in [0.5, 0.6) is 0 Å². The zero-order valence-electron chi connectivity index (χ0n) is 24.6. The number of hydrogen-bond donors (Lipinski definition) is 1. The second-order valence-electron chi connectivity index (χ2n) is 11.3. The van der Waals surface area contributed by atoms with Gasteiger partial charge in [0.15, 0.2) is 5.78 Å². The summed E-state index contributed by atoms with van der Waals surface area (Å²) in [6.45, 7) is 5.65. The molecule has 226 valence electrons. The van der Waals surface area contributed by atoms with E-state index in [0.717, 1.165) is 52.8 Å². The fourth-order valence-electron chi connectivity index (χ4n) is 5.47. The number of ether oxygens (including phenoxy) is 1. The van der Waals surface area contributed by atoms with E-state index in [1.165, 1.54) is 19.2 Å². The number of piperazine rings is 1. The Morgan fingerprint density at radius 1 is 1.02 bits per heavy atom. The number of nitrogens with one attached hydrogen (secondary N) is 1. The minimum atomic E-state index is -4.55. The first-order valence-corrected chi connectivity index (χ1v) is 14.2. The molecule has 0 amide bonds. The van der Waals surface area contributed by atoms with Crippen molar-refractivity contribution >= 4 is 23.5 Å². The molecule has 0 bridgehead atoms. The van der Waals surface area contributed by atoms with E-state index in [1.807, 2.05) is 43.1 Å². The molecule has 0 atom stereocenters. The fourth-order valence-corrected chi connectivity index (χ4v) is 5.47. The molecule has 2 heterocycles. The standard InChI is InChI=1S/C33H35F3N4O3/c1-21-4-5-22(12-27(21)18-37-28-15-25-14-26(32(42)43-3)17-30(25)38-19-28)13-31(41)23-6-7-24(29(16-23)33(34,35)36)20-40-10-8-39(2)9-11-40/h4-7,12,14-16,19,37H,8-11,13,17-18,20H2,1-3H3. The highest BCUT2D eigenvalue weighted by Gasteiger charge is 2.34. The number of aryl methyl sites for hydroxylation is 1. The number of alkyl halides is 3. The van der Waals surface area contributed by atoms with Gasteiger partial charge in [-0.05, 0) is 60.0 Å². The third-order valence-corrected chi connectivity index (χ3v) is 8.13. The minimum Gasteiger partial charge on any atom is -0.466 e. The number of esters is 1. The lowest BCUT2D eigenvalue weighted by Crippen LogP contribution is -2.44. The summed E-state index contributed by atoms with van der Waals surface area (Å²) in [5, 5.41) is 3.34. The predicted octanol–water partition coefficient (Wildman–Crippen LogP) is 5.31. The van der Waals surface area contributed by atoms with Crippen LogP contribution in [0.25, 0.3) is 6.08 Å². The number of hydrogen-bond acceptors (Lipinski definition) is 7. The van der Waals surface area contributed by atoms with Crippen molar-refractivity contribution in [3.8, 4) is 0 Å². The zero-order valence-corrected chi connectivity index (χ0v) is 24.6. The summed E-state index contributed by atoms with van der Waals surface area (Å²) in [6.07, 6.45) is -0.643. The topological polar surface area (TPSA) is 74.8 Å². The third-order valence-electron chi connectivity index (χ3n) is 8.13. The Balaban J connectivity index is 1.26. The van der Waals surface area contributed by atoms with Crippen LogP contribution in [0, 0.1) is 6.92 Å². The number of carbonyl (C=O) groups is 2. The van der Waals surface area contributed by atoms with Crippen molar-refractivity contribution in [2.75, 3.05) is 45.7 Å². The number of fused-ring (bicyclic) bond motifs is 1. The molecule has 43 heavy (non-hydrogen) atoms. The van der Waals surface area contributed by atoms with Crippen LogP contribution in [0.3, 0.4) is 0 Å². The minimum absolute atomic E-state index is 0.0100. The summed E-state index contributed by atoms with van der Waals surface area (Å²) in [4.78, 5) is 33.7. The number of Topliss-reactive ketones (excluding diaryl/α,β-unsaturated/α-hetero) is 1. The van der Waals surface area contributed by atoms with Crippen LogP contribution in [0.1, 0.15) is 49.4 Å². The zero-order chi connectivity index (χ0) is 30.7. The van der Waals surface area contributed by atoms with E-state index in [0.29, 0.717) is 31.6 Å². The molecule has 1 aliphatic heterocycles. The number of halogens is 3. The number of rotatable bonds is 9. The molecule has 1 aliphatic carbocycles. The van der Waals surface area contributed by atoms with Gasteiger partial charge in [-0.25, -0.2) is 4.79 Å². The Morgan fingerprint density at radius 3 is 2.51 bits per heavy atom. The number of pyridine rings is 1. The number of likely N-dealkylation sites (N-methyl/N-ethyl adjacent to an activating group) is 1. The molecular formula is C33H35F3N4O3. The normalized spacial score (nSPS) is 15.6. The first-order chi connectivity index (χ1) is 20.5. The lowest BCUT2D eigenvalue weighted by molar-refractivity contribution is -0.138. The highest BCUT2D eigenvalue weighted by Crippen LogP contribution is 2.34. The van der Waals surface area contributed by atoms with Crippen LogP contribution in [-0.4, -0.2) is 66.9 Å². The van der Waals surface area contributed by atoms with Gasteiger partial charge in [0.2, 0.25) is 0 Å². The molecule has 1 fully saturated rings. The van der Waals surface area contributed by atoms with Gasteiger partial charge in [0.1, 0.15) is 0 Å². The molecule has 0 unspecified atom stereocenters. The molecule has 10 heteroatoms. The molecule has 0 radical (unpaired) electrons. The Hall–Kier alpha value is -4.02. The maximum atomic E-state index is 14.0. The number of aromatic nitrogens is 1. The second-order valence-corrected chi connectivity index (χ2v) is 11.3. The summed E-state index contributed by atoms with van der Waals surface area (Å²) < 4.78 is 46.9. The van der Waals surface area contributed by atoms with Gasteiger partial charge in [0.25, 0.3) is 0 Å². The smallest absolute Gasteiger partial charge is 0.416 e. The highest BCUT2D eigenvalue weighted by molar-refractivity contribution is 5.98. The van der Waals surface area contributed by atoms with Crippen LogP contribution < -0.4 is 5.32 Å². The van der Waals surface area contributed by atoms with Crippen molar-refractivity contribution in [1.82, 2.24) is 14.8 Å². The monoisotopic (exact) mass is 592 g/mol. The number of nitrogens with zero attached hydrogens (tertiary/aromatic N) is 3. The van der Waals surface area contributed by atoms with Crippen LogP contribution in [0.4, 0.5) is 18.9 Å². The molecule has 3 aromatic rings. The van der Waals surface area contributed by atoms with E-state index in [2.05, 4.69) is 15.2 Å². The molecule has 1 saturated heterocycles. The van der Waals surface area contributed by atoms with E-state index in [1.54, 1.807) is 12.3 Å². The number of ketones is 1. The maximum Gasteiger partial charge on any atom is 0.416 e. The molecular weight excluding hydrogens is 557 g/mol. The molecule has 2 aromatic carbocycles. The Labute approximate surface area is 249 Å². The van der Waals surface area contributed by atoms with Gasteiger partial charge >= 0.3 is 12.1 Å². The van der Waals surface area contributed by atoms with Gasteiger partial charge in [0.05, 0.1) is 30.3 Å². The van der Waals surface area contributed by atoms with E-state index in [-0.39, 0.29) is 35.8 Å². The van der Waals surface area contributed by atoms with E-state index in [9.17, 15) is 22.8 Å². The van der Waals surface area contributed by atoms with E-state index >= 15 is 0 Å². The first-order valence-electron chi connectivity index (χ1n) is 14.2. The van der Waals surface area contributed by atoms with Gasteiger partial charge in [-0.3, -0.25) is 14.7 Å². The van der Waals surface area contributed by atoms with Crippen LogP contribution in [0.15, 0.2) is 54.2 Å². The molecule has 0 saturated carbocycles. The van der Waals surface area contributed by atoms with Crippen molar-refractivity contribution in [2.45, 2.75) is 39.0 Å². The number of anilines is 1. The summed E-state index contributed by atoms with van der Waals surface area (Å²) in [7, 11) is 3.35. The van der Waals surface area contributed by atoms with E-state index in [4.69, 9.17) is 4.74 Å². The Bertz CT molecular complexity index is 1560. The largest absolute Gasteiger partial charge is 0.466 e. The van der Waals surface area contributed by atoms with Crippen molar-refractivity contribution in [3.05, 3.63) is 98.9 Å². The van der Waals surface area contributed by atoms with Crippen molar-refractivity contribution in [3.63, 3.8) is 0 Å². The number of carbonyl (C=O) groups excluding carboxylic acids is 2. The van der Waals surface area contributed by atoms with Crippen LogP contribution >= 0.6 is 0 Å². The summed E-state index contributed by atoms with van der Waals surface area (Å²) >= 11 is 0. The lowest BCUT2D eigenvalue weighted by Gasteiger charge is -2.33. The van der Waals surface area contributed by atoms with Gasteiger partial charge < -0.3 is 15.0 Å². The molecule has 0 spiro atoms. The first kappa shape index (κ1) is 30.4. The maximum absolute atomic E-state index is 14.0. The fraction of sp³-hybridized carbons (Fsp3) is 0.364. The molecule has 2 aliphatic rings. The molecule has 5 rings (SSSR count). The molecule has 1 N–H and O–H groups in total. The highest BCUT2D eigenvalue weighted by atomic mass is 19.4. The van der Waals surface area contributed by atoms with Gasteiger partial charge in [-0.1, -0.05) is 30.3 Å². The number of benzene rings is 2. The van der Waals surface area contributed by atoms with Gasteiger partial charge in [-0.2, -0.15) is 13.2 Å². The lowest BCUT2D eigenvalue weighted by atomic mass is 9.96. The summed E-state index contributed by atoms with van der Waals surface area (Å²) in [5.41, 5.74) is 5.18. The molecule has 7 nitrogen and oxygen atoms in total. The van der Waals surface area contributed by atoms with Crippen LogP contribution in [-0.2, 0) is 41.6 Å². The quantitative estimate of drug-likeness (QED) is 0.267. The van der Waals surface area contributed by atoms with Crippen molar-refractivity contribution < 1.29 is 27.5 Å². The Morgan fingerprint density at radius 2 is 1.79 bits per heavy atom.